The molecule has 0 saturated carbocycles. The Morgan fingerprint density at radius 3 is 1.86 bits per heavy atom. The lowest BCUT2D eigenvalue weighted by Gasteiger charge is -2.29. The van der Waals surface area contributed by atoms with Gasteiger partial charge in [-0.3, -0.25) is 0 Å². The molecule has 2 heteroatoms. The summed E-state index contributed by atoms with van der Waals surface area (Å²) in [6.07, 6.45) is 6.68. The van der Waals surface area contributed by atoms with Gasteiger partial charge in [-0.05, 0) is 117 Å². The van der Waals surface area contributed by atoms with Crippen molar-refractivity contribution in [2.75, 3.05) is 4.90 Å². The molecule has 0 unspecified atom stereocenters. The van der Waals surface area contributed by atoms with Crippen LogP contribution < -0.4 is 4.90 Å². The monoisotopic (exact) mass is 816 g/mol. The standard InChI is InChI=1S/C62H44N2/c1-3-18-44(19-4-1)51-26-11-14-31-58(51)63(49-39-40-55(57(42-49)45-20-5-2-6-21-45)54-30-17-24-43-22-7-9-25-50(43)54)48-37-34-47(35-38-48)52-27-12-15-32-59(52)64-60-33-16-13-29-56(60)62-53-28-10-8-23-46(53)36-41-61(62)64/h1-8,10-24,26-42H,9,25H2. The molecule has 1 heterocycles. The predicted molar refractivity (Wildman–Crippen MR) is 272 cm³/mol. The predicted octanol–water partition coefficient (Wildman–Crippen LogP) is 17.0. The first kappa shape index (κ1) is 37.6. The number of rotatable bonds is 8. The highest BCUT2D eigenvalue weighted by atomic mass is 15.1. The van der Waals surface area contributed by atoms with Gasteiger partial charge in [0, 0.05) is 33.3 Å². The van der Waals surface area contributed by atoms with Crippen molar-refractivity contribution in [3.8, 4) is 50.2 Å². The second-order valence-corrected chi connectivity index (χ2v) is 16.7. The molecule has 0 amide bonds. The molecule has 0 fully saturated rings. The normalized spacial score (nSPS) is 12.2. The summed E-state index contributed by atoms with van der Waals surface area (Å²) in [5, 5.41) is 5.08. The molecule has 0 N–H and O–H groups in total. The van der Waals surface area contributed by atoms with Crippen LogP contribution in [-0.2, 0) is 6.42 Å². The van der Waals surface area contributed by atoms with Crippen LogP contribution in [0.1, 0.15) is 17.5 Å². The van der Waals surface area contributed by atoms with Gasteiger partial charge < -0.3 is 9.47 Å². The number of benzene rings is 10. The second kappa shape index (κ2) is 15.9. The van der Waals surface area contributed by atoms with Crippen molar-refractivity contribution in [2.45, 2.75) is 12.8 Å². The fraction of sp³-hybridized carbons (Fsp3) is 0.0323. The summed E-state index contributed by atoms with van der Waals surface area (Å²) in [6, 6.07) is 84.4. The van der Waals surface area contributed by atoms with Crippen LogP contribution in [0.25, 0.3) is 88.8 Å². The van der Waals surface area contributed by atoms with Crippen molar-refractivity contribution in [2.24, 2.45) is 0 Å². The van der Waals surface area contributed by atoms with Crippen molar-refractivity contribution in [1.29, 1.82) is 0 Å². The minimum Gasteiger partial charge on any atom is -0.310 e. The lowest BCUT2D eigenvalue weighted by molar-refractivity contribution is 0.988. The summed E-state index contributed by atoms with van der Waals surface area (Å²) in [7, 11) is 0. The molecule has 64 heavy (non-hydrogen) atoms. The van der Waals surface area contributed by atoms with Crippen LogP contribution in [0.15, 0.2) is 237 Å². The van der Waals surface area contributed by atoms with Gasteiger partial charge in [-0.2, -0.15) is 0 Å². The molecule has 0 radical (unpaired) electrons. The molecule has 0 spiro atoms. The summed E-state index contributed by atoms with van der Waals surface area (Å²) >= 11 is 0. The molecule has 0 atom stereocenters. The van der Waals surface area contributed by atoms with E-state index in [1.165, 1.54) is 82.6 Å². The zero-order valence-corrected chi connectivity index (χ0v) is 35.4. The molecule has 0 bridgehead atoms. The second-order valence-electron chi connectivity index (χ2n) is 16.7. The van der Waals surface area contributed by atoms with Crippen molar-refractivity contribution in [1.82, 2.24) is 4.57 Å². The summed E-state index contributed by atoms with van der Waals surface area (Å²) in [6.45, 7) is 0. The van der Waals surface area contributed by atoms with E-state index in [4.69, 9.17) is 0 Å². The minimum atomic E-state index is 1.04. The molecule has 11 aromatic rings. The molecule has 1 aliphatic rings. The van der Waals surface area contributed by atoms with E-state index in [9.17, 15) is 0 Å². The third-order valence-electron chi connectivity index (χ3n) is 13.1. The molecule has 302 valence electrons. The van der Waals surface area contributed by atoms with Gasteiger partial charge in [-0.25, -0.2) is 0 Å². The van der Waals surface area contributed by atoms with Crippen LogP contribution >= 0.6 is 0 Å². The number of hydrogen-bond donors (Lipinski definition) is 0. The van der Waals surface area contributed by atoms with E-state index in [0.717, 1.165) is 41.2 Å². The summed E-state index contributed by atoms with van der Waals surface area (Å²) in [5.74, 6) is 0. The van der Waals surface area contributed by atoms with Gasteiger partial charge in [0.2, 0.25) is 0 Å². The molecule has 1 aromatic heterocycles. The maximum absolute atomic E-state index is 2.45. The topological polar surface area (TPSA) is 8.17 Å². The zero-order chi connectivity index (χ0) is 42.4. The average molecular weight is 817 g/mol. The van der Waals surface area contributed by atoms with Crippen molar-refractivity contribution in [3.05, 3.63) is 248 Å². The maximum Gasteiger partial charge on any atom is 0.0547 e. The van der Waals surface area contributed by atoms with Crippen molar-refractivity contribution in [3.63, 3.8) is 0 Å². The van der Waals surface area contributed by atoms with E-state index in [0.29, 0.717) is 0 Å². The third-order valence-corrected chi connectivity index (χ3v) is 13.1. The molecule has 12 rings (SSSR count). The third kappa shape index (κ3) is 6.42. The largest absolute Gasteiger partial charge is 0.310 e. The highest BCUT2D eigenvalue weighted by Crippen LogP contribution is 2.46. The Bertz CT molecular complexity index is 3540. The first-order chi connectivity index (χ1) is 31.8. The highest BCUT2D eigenvalue weighted by molar-refractivity contribution is 6.21. The summed E-state index contributed by atoms with van der Waals surface area (Å²) in [4.78, 5) is 2.44. The van der Waals surface area contributed by atoms with Crippen LogP contribution in [0.5, 0.6) is 0 Å². The fourth-order valence-electron chi connectivity index (χ4n) is 10.2. The number of para-hydroxylation sites is 3. The van der Waals surface area contributed by atoms with E-state index in [1.54, 1.807) is 0 Å². The Hall–Kier alpha value is -8.20. The van der Waals surface area contributed by atoms with E-state index in [1.807, 2.05) is 0 Å². The Labute approximate surface area is 374 Å². The van der Waals surface area contributed by atoms with E-state index < -0.39 is 0 Å². The van der Waals surface area contributed by atoms with Gasteiger partial charge in [0.1, 0.15) is 0 Å². The number of anilines is 3. The molecule has 0 saturated heterocycles. The first-order valence-corrected chi connectivity index (χ1v) is 22.3. The van der Waals surface area contributed by atoms with E-state index >= 15 is 0 Å². The van der Waals surface area contributed by atoms with E-state index in [-0.39, 0.29) is 0 Å². The quantitative estimate of drug-likeness (QED) is 0.148. The highest BCUT2D eigenvalue weighted by Gasteiger charge is 2.22. The zero-order valence-electron chi connectivity index (χ0n) is 35.4. The van der Waals surface area contributed by atoms with Crippen LogP contribution in [-0.4, -0.2) is 4.57 Å². The van der Waals surface area contributed by atoms with Crippen molar-refractivity contribution >= 4 is 55.7 Å². The molecular formula is C62H44N2. The lowest BCUT2D eigenvalue weighted by atomic mass is 9.86. The molecule has 2 nitrogen and oxygen atoms in total. The van der Waals surface area contributed by atoms with Gasteiger partial charge in [0.25, 0.3) is 0 Å². The van der Waals surface area contributed by atoms with Gasteiger partial charge in [-0.15, -0.1) is 0 Å². The SMILES string of the molecule is C1=Cc2cccc(-c3ccc(N(c4ccc(-c5ccccc5-n5c6ccccc6c6c7ccccc7ccc65)cc4)c4ccccc4-c4ccccc4)cc3-c3ccccc3)c2CC1. The van der Waals surface area contributed by atoms with Gasteiger partial charge in [-0.1, -0.05) is 194 Å². The van der Waals surface area contributed by atoms with Crippen LogP contribution in [0.4, 0.5) is 17.1 Å². The van der Waals surface area contributed by atoms with Crippen LogP contribution in [0.2, 0.25) is 0 Å². The molecular weight excluding hydrogens is 773 g/mol. The average Bonchev–Trinajstić information content (AvgIpc) is 3.72. The Morgan fingerprint density at radius 1 is 0.391 bits per heavy atom. The minimum absolute atomic E-state index is 1.04. The van der Waals surface area contributed by atoms with Gasteiger partial charge >= 0.3 is 0 Å². The van der Waals surface area contributed by atoms with Gasteiger partial charge in [0.05, 0.1) is 22.4 Å². The number of allylic oxidation sites excluding steroid dienone is 1. The van der Waals surface area contributed by atoms with Gasteiger partial charge in [0.15, 0.2) is 0 Å². The van der Waals surface area contributed by atoms with Crippen LogP contribution in [0.3, 0.4) is 0 Å². The lowest BCUT2D eigenvalue weighted by Crippen LogP contribution is -2.11. The summed E-state index contributed by atoms with van der Waals surface area (Å²) in [5.41, 5.74) is 19.3. The van der Waals surface area contributed by atoms with Crippen LogP contribution in [0, 0.1) is 0 Å². The first-order valence-electron chi connectivity index (χ1n) is 22.3. The molecule has 10 aromatic carbocycles. The number of hydrogen-bond acceptors (Lipinski definition) is 1. The Kier molecular flexibility index (Phi) is 9.34. The Balaban J connectivity index is 1.03. The summed E-state index contributed by atoms with van der Waals surface area (Å²) < 4.78 is 2.45. The number of fused-ring (bicyclic) bond motifs is 6. The Morgan fingerprint density at radius 2 is 1.03 bits per heavy atom. The van der Waals surface area contributed by atoms with E-state index in [2.05, 4.69) is 252 Å². The fourth-order valence-corrected chi connectivity index (χ4v) is 10.2. The maximum atomic E-state index is 2.45. The number of aromatic nitrogens is 1. The molecule has 1 aliphatic carbocycles. The molecule has 0 aliphatic heterocycles. The van der Waals surface area contributed by atoms with Crippen molar-refractivity contribution < 1.29 is 0 Å². The number of nitrogens with zero attached hydrogens (tertiary/aromatic N) is 2. The smallest absolute Gasteiger partial charge is 0.0547 e.